The van der Waals surface area contributed by atoms with Gasteiger partial charge in [-0.2, -0.15) is 13.2 Å². The third-order valence-electron chi connectivity index (χ3n) is 7.45. The van der Waals surface area contributed by atoms with E-state index in [2.05, 4.69) is 44.6 Å². The molecule has 0 aliphatic carbocycles. The van der Waals surface area contributed by atoms with Gasteiger partial charge in [-0.15, -0.1) is 10.2 Å². The first-order valence-corrected chi connectivity index (χ1v) is 13.9. The van der Waals surface area contributed by atoms with E-state index in [-0.39, 0.29) is 18.1 Å². The highest BCUT2D eigenvalue weighted by atomic mass is 19.4. The van der Waals surface area contributed by atoms with Crippen LogP contribution in [-0.4, -0.2) is 49.7 Å². The van der Waals surface area contributed by atoms with Crippen molar-refractivity contribution in [3.05, 3.63) is 90.4 Å². The van der Waals surface area contributed by atoms with Crippen LogP contribution in [0.1, 0.15) is 37.9 Å². The van der Waals surface area contributed by atoms with E-state index in [0.717, 1.165) is 17.7 Å². The number of halogens is 3. The molecular formula is C31H31F3N8. The Labute approximate surface area is 241 Å². The van der Waals surface area contributed by atoms with Gasteiger partial charge in [0.1, 0.15) is 12.1 Å². The van der Waals surface area contributed by atoms with Crippen molar-refractivity contribution in [1.82, 2.24) is 29.9 Å². The second-order valence-corrected chi connectivity index (χ2v) is 10.8. The lowest BCUT2D eigenvalue weighted by atomic mass is 9.98. The number of piperazine rings is 1. The van der Waals surface area contributed by atoms with Crippen LogP contribution in [0.25, 0.3) is 28.0 Å². The van der Waals surface area contributed by atoms with Gasteiger partial charge in [-0.05, 0) is 56.2 Å². The molecule has 4 heterocycles. The molecule has 3 unspecified atom stereocenters. The van der Waals surface area contributed by atoms with Crippen LogP contribution in [0.4, 0.5) is 24.9 Å². The third kappa shape index (κ3) is 5.52. The first-order valence-electron chi connectivity index (χ1n) is 13.9. The molecule has 42 heavy (non-hydrogen) atoms. The minimum absolute atomic E-state index is 0.0248. The van der Waals surface area contributed by atoms with Crippen molar-refractivity contribution in [2.24, 2.45) is 0 Å². The zero-order chi connectivity index (χ0) is 29.4. The lowest BCUT2D eigenvalue weighted by molar-refractivity contribution is -0.137. The number of benzene rings is 2. The molecule has 3 aromatic heterocycles. The van der Waals surface area contributed by atoms with Crippen molar-refractivity contribution in [2.75, 3.05) is 23.3 Å². The minimum Gasteiger partial charge on any atom is -0.364 e. The molecule has 0 bridgehead atoms. The van der Waals surface area contributed by atoms with E-state index in [4.69, 9.17) is 4.98 Å². The van der Waals surface area contributed by atoms with E-state index in [1.165, 1.54) is 6.07 Å². The van der Waals surface area contributed by atoms with Crippen LogP contribution < -0.4 is 15.5 Å². The Balaban J connectivity index is 1.52. The standard InChI is InChI=1S/C31H31F3N8/c1-19-16-41(17-20(2)37-19)30-39-28(24-12-13-35-26(15-24)38-21(3)22-8-5-4-6-9-22)27(29-40-36-18-42(29)30)23-10-7-11-25(14-23)31(32,33)34/h4-15,18-21,37H,16-17H2,1-3H3,(H,35,38). The molecule has 1 fully saturated rings. The molecule has 0 radical (unpaired) electrons. The number of aromatic nitrogens is 5. The number of nitrogens with one attached hydrogen (secondary N) is 2. The fourth-order valence-electron chi connectivity index (χ4n) is 5.61. The van der Waals surface area contributed by atoms with Crippen LogP contribution in [-0.2, 0) is 6.18 Å². The predicted molar refractivity (Wildman–Crippen MR) is 157 cm³/mol. The summed E-state index contributed by atoms with van der Waals surface area (Å²) in [6.45, 7) is 7.66. The fourth-order valence-corrected chi connectivity index (χ4v) is 5.61. The van der Waals surface area contributed by atoms with Gasteiger partial charge in [0.2, 0.25) is 5.95 Å². The Hall–Kier alpha value is -4.51. The van der Waals surface area contributed by atoms with Gasteiger partial charge in [0.05, 0.1) is 16.8 Å². The van der Waals surface area contributed by atoms with E-state index >= 15 is 0 Å². The average Bonchev–Trinajstić information content (AvgIpc) is 3.46. The van der Waals surface area contributed by atoms with Gasteiger partial charge in [0.15, 0.2) is 5.65 Å². The Bertz CT molecular complexity index is 1690. The first kappa shape index (κ1) is 27.6. The lowest BCUT2D eigenvalue weighted by Gasteiger charge is -2.37. The zero-order valence-corrected chi connectivity index (χ0v) is 23.5. The molecule has 1 saturated heterocycles. The number of anilines is 2. The molecule has 0 spiro atoms. The highest BCUT2D eigenvalue weighted by molar-refractivity contribution is 5.91. The van der Waals surface area contributed by atoms with Crippen molar-refractivity contribution in [1.29, 1.82) is 0 Å². The third-order valence-corrected chi connectivity index (χ3v) is 7.45. The molecule has 0 saturated carbocycles. The van der Waals surface area contributed by atoms with Gasteiger partial charge >= 0.3 is 6.18 Å². The summed E-state index contributed by atoms with van der Waals surface area (Å²) < 4.78 is 43.1. The SMILES string of the molecule is CC1CN(c2nc(-c3ccnc(NC(C)c4ccccc4)c3)c(-c3cccc(C(F)(F)F)c3)c3nncn23)CC(C)N1. The highest BCUT2D eigenvalue weighted by Gasteiger charge is 2.32. The Kier molecular flexibility index (Phi) is 7.28. The van der Waals surface area contributed by atoms with E-state index in [1.54, 1.807) is 23.0 Å². The summed E-state index contributed by atoms with van der Waals surface area (Å²) in [7, 11) is 0. The molecule has 3 atom stereocenters. The Morgan fingerprint density at radius 3 is 2.45 bits per heavy atom. The largest absolute Gasteiger partial charge is 0.416 e. The summed E-state index contributed by atoms with van der Waals surface area (Å²) in [5, 5.41) is 15.5. The Morgan fingerprint density at radius 1 is 0.952 bits per heavy atom. The van der Waals surface area contributed by atoms with E-state index in [1.807, 2.05) is 49.4 Å². The minimum atomic E-state index is -4.50. The fraction of sp³-hybridized carbons (Fsp3) is 0.290. The normalized spacial score (nSPS) is 18.3. The molecule has 1 aliphatic heterocycles. The van der Waals surface area contributed by atoms with Gasteiger partial charge in [0.25, 0.3) is 0 Å². The van der Waals surface area contributed by atoms with E-state index in [9.17, 15) is 13.2 Å². The van der Waals surface area contributed by atoms with Crippen LogP contribution in [0, 0.1) is 0 Å². The Morgan fingerprint density at radius 2 is 1.71 bits per heavy atom. The lowest BCUT2D eigenvalue weighted by Crippen LogP contribution is -2.55. The summed E-state index contributed by atoms with van der Waals surface area (Å²) in [5.41, 5.74) is 2.80. The summed E-state index contributed by atoms with van der Waals surface area (Å²) in [6.07, 6.45) is -1.26. The van der Waals surface area contributed by atoms with Crippen LogP contribution in [0.3, 0.4) is 0 Å². The number of fused-ring (bicyclic) bond motifs is 1. The molecule has 6 rings (SSSR count). The maximum atomic E-state index is 13.8. The second-order valence-electron chi connectivity index (χ2n) is 10.8. The smallest absolute Gasteiger partial charge is 0.364 e. The quantitative estimate of drug-likeness (QED) is 0.250. The zero-order valence-electron chi connectivity index (χ0n) is 23.5. The van der Waals surface area contributed by atoms with Gasteiger partial charge < -0.3 is 15.5 Å². The number of hydrogen-bond acceptors (Lipinski definition) is 7. The molecule has 216 valence electrons. The molecule has 1 aliphatic rings. The number of nitrogens with zero attached hydrogens (tertiary/aromatic N) is 6. The van der Waals surface area contributed by atoms with Crippen molar-refractivity contribution < 1.29 is 13.2 Å². The molecule has 8 nitrogen and oxygen atoms in total. The molecule has 2 aromatic carbocycles. The maximum absolute atomic E-state index is 13.8. The monoisotopic (exact) mass is 572 g/mol. The van der Waals surface area contributed by atoms with Gasteiger partial charge in [-0.3, -0.25) is 4.40 Å². The topological polar surface area (TPSA) is 83.3 Å². The van der Waals surface area contributed by atoms with Crippen LogP contribution in [0.5, 0.6) is 0 Å². The van der Waals surface area contributed by atoms with Gasteiger partial charge in [-0.1, -0.05) is 42.5 Å². The molecule has 0 amide bonds. The van der Waals surface area contributed by atoms with Crippen LogP contribution in [0.2, 0.25) is 0 Å². The first-order chi connectivity index (χ1) is 20.2. The van der Waals surface area contributed by atoms with Gasteiger partial charge in [-0.25, -0.2) is 9.97 Å². The molecule has 2 N–H and O–H groups in total. The highest BCUT2D eigenvalue weighted by Crippen LogP contribution is 2.39. The van der Waals surface area contributed by atoms with Crippen LogP contribution >= 0.6 is 0 Å². The summed E-state index contributed by atoms with van der Waals surface area (Å²) >= 11 is 0. The van der Waals surface area contributed by atoms with Crippen molar-refractivity contribution >= 4 is 17.4 Å². The number of pyridine rings is 1. The number of alkyl halides is 3. The average molecular weight is 573 g/mol. The molecule has 11 heteroatoms. The number of rotatable bonds is 6. The summed E-state index contributed by atoms with van der Waals surface area (Å²) in [5.74, 6) is 1.25. The van der Waals surface area contributed by atoms with Crippen molar-refractivity contribution in [3.8, 4) is 22.4 Å². The predicted octanol–water partition coefficient (Wildman–Crippen LogP) is 6.23. The van der Waals surface area contributed by atoms with Crippen LogP contribution in [0.15, 0.2) is 79.3 Å². The maximum Gasteiger partial charge on any atom is 0.416 e. The molecule has 5 aromatic rings. The summed E-state index contributed by atoms with van der Waals surface area (Å²) in [4.78, 5) is 11.8. The van der Waals surface area contributed by atoms with E-state index < -0.39 is 11.7 Å². The van der Waals surface area contributed by atoms with Crippen molar-refractivity contribution in [3.63, 3.8) is 0 Å². The van der Waals surface area contributed by atoms with Crippen molar-refractivity contribution in [2.45, 2.75) is 45.1 Å². The second kappa shape index (κ2) is 11.1. The summed E-state index contributed by atoms with van der Waals surface area (Å²) in [6, 6.07) is 19.4. The van der Waals surface area contributed by atoms with E-state index in [0.29, 0.717) is 52.9 Å². The number of hydrogen-bond donors (Lipinski definition) is 2. The van der Waals surface area contributed by atoms with Gasteiger partial charge in [0, 0.05) is 43.0 Å². The molecular weight excluding hydrogens is 541 g/mol.